The van der Waals surface area contributed by atoms with E-state index in [0.29, 0.717) is 11.6 Å². The lowest BCUT2D eigenvalue weighted by Crippen LogP contribution is -2.11. The maximum Gasteiger partial charge on any atom is 0.180 e. The summed E-state index contributed by atoms with van der Waals surface area (Å²) in [6.07, 6.45) is 5.34. The zero-order valence-electron chi connectivity index (χ0n) is 10.8. The molecule has 0 saturated heterocycles. The second-order valence-corrected chi connectivity index (χ2v) is 5.17. The van der Waals surface area contributed by atoms with E-state index < -0.39 is 0 Å². The molecule has 0 amide bonds. The van der Waals surface area contributed by atoms with Gasteiger partial charge >= 0.3 is 0 Å². The Morgan fingerprint density at radius 2 is 2.20 bits per heavy atom. The third-order valence-electron chi connectivity index (χ3n) is 3.04. The Balaban J connectivity index is 2.10. The van der Waals surface area contributed by atoms with Crippen molar-refractivity contribution in [3.63, 3.8) is 0 Å². The second kappa shape index (κ2) is 5.10. The largest absolute Gasteiger partial charge is 0.337 e. The zero-order chi connectivity index (χ0) is 14.1. The van der Waals surface area contributed by atoms with Crippen molar-refractivity contribution in [2.45, 2.75) is 6.92 Å². The molecular weight excluding hydrogens is 320 g/mol. The average molecular weight is 333 g/mol. The summed E-state index contributed by atoms with van der Waals surface area (Å²) in [5.74, 6) is 6.65. The number of hydrogen-bond donors (Lipinski definition) is 3. The van der Waals surface area contributed by atoms with Crippen LogP contribution in [-0.2, 0) is 0 Å². The van der Waals surface area contributed by atoms with Crippen molar-refractivity contribution in [1.29, 1.82) is 0 Å². The topological polar surface area (TPSA) is 80.3 Å². The SMILES string of the molecule is Cc1c(Br)cccc1Nc1nc(NN)cn2ccnc12. The fraction of sp³-hybridized carbons (Fsp3) is 0.0769. The molecule has 102 valence electrons. The molecule has 2 heterocycles. The number of aromatic nitrogens is 3. The van der Waals surface area contributed by atoms with Gasteiger partial charge < -0.3 is 15.1 Å². The van der Waals surface area contributed by atoms with Crippen molar-refractivity contribution < 1.29 is 0 Å². The monoisotopic (exact) mass is 332 g/mol. The van der Waals surface area contributed by atoms with Crippen LogP contribution in [0.4, 0.5) is 17.3 Å². The Morgan fingerprint density at radius 3 is 3.00 bits per heavy atom. The number of anilines is 3. The van der Waals surface area contributed by atoms with Gasteiger partial charge in [-0.3, -0.25) is 0 Å². The van der Waals surface area contributed by atoms with E-state index in [9.17, 15) is 0 Å². The first-order valence-electron chi connectivity index (χ1n) is 6.01. The lowest BCUT2D eigenvalue weighted by molar-refractivity contribution is 1.11. The summed E-state index contributed by atoms with van der Waals surface area (Å²) >= 11 is 3.52. The number of benzene rings is 1. The number of hydrogen-bond acceptors (Lipinski definition) is 5. The van der Waals surface area contributed by atoms with Gasteiger partial charge in [-0.25, -0.2) is 15.8 Å². The van der Waals surface area contributed by atoms with E-state index >= 15 is 0 Å². The van der Waals surface area contributed by atoms with E-state index in [-0.39, 0.29) is 0 Å². The predicted molar refractivity (Wildman–Crippen MR) is 83.0 cm³/mol. The van der Waals surface area contributed by atoms with Crippen molar-refractivity contribution in [2.75, 3.05) is 10.7 Å². The standard InChI is InChI=1S/C13H13BrN6/c1-8-9(14)3-2-4-10(8)17-12-13-16-5-6-20(13)7-11(18-12)19-15/h2-7,19H,15H2,1H3,(H,17,18). The van der Waals surface area contributed by atoms with Crippen LogP contribution in [0.1, 0.15) is 5.56 Å². The molecule has 0 unspecified atom stereocenters. The molecule has 4 N–H and O–H groups in total. The number of fused-ring (bicyclic) bond motifs is 1. The minimum absolute atomic E-state index is 0.561. The van der Waals surface area contributed by atoms with Gasteiger partial charge in [0.25, 0.3) is 0 Å². The van der Waals surface area contributed by atoms with Crippen LogP contribution in [0.3, 0.4) is 0 Å². The van der Waals surface area contributed by atoms with Crippen LogP contribution < -0.4 is 16.6 Å². The Kier molecular flexibility index (Phi) is 3.29. The Hall–Kier alpha value is -2.12. The minimum Gasteiger partial charge on any atom is -0.337 e. The second-order valence-electron chi connectivity index (χ2n) is 4.31. The van der Waals surface area contributed by atoms with Crippen molar-refractivity contribution in [1.82, 2.24) is 14.4 Å². The van der Waals surface area contributed by atoms with Crippen molar-refractivity contribution in [3.05, 3.63) is 46.8 Å². The molecule has 20 heavy (non-hydrogen) atoms. The molecule has 6 nitrogen and oxygen atoms in total. The quantitative estimate of drug-likeness (QED) is 0.507. The average Bonchev–Trinajstić information content (AvgIpc) is 2.92. The number of nitrogen functional groups attached to an aromatic ring is 1. The highest BCUT2D eigenvalue weighted by atomic mass is 79.9. The number of hydrazine groups is 1. The predicted octanol–water partition coefficient (Wildman–Crippen LogP) is 2.83. The molecule has 0 aliphatic rings. The summed E-state index contributed by atoms with van der Waals surface area (Å²) in [4.78, 5) is 8.71. The van der Waals surface area contributed by atoms with Crippen molar-refractivity contribution in [3.8, 4) is 0 Å². The lowest BCUT2D eigenvalue weighted by Gasteiger charge is -2.12. The van der Waals surface area contributed by atoms with Crippen LogP contribution in [0.25, 0.3) is 5.65 Å². The number of nitrogens with zero attached hydrogens (tertiary/aromatic N) is 3. The Labute approximate surface area is 124 Å². The molecule has 0 radical (unpaired) electrons. The van der Waals surface area contributed by atoms with Gasteiger partial charge in [0.15, 0.2) is 17.3 Å². The molecule has 0 spiro atoms. The van der Waals surface area contributed by atoms with Gasteiger partial charge in [0, 0.05) is 22.6 Å². The van der Waals surface area contributed by atoms with Crippen LogP contribution in [-0.4, -0.2) is 14.4 Å². The molecule has 0 fully saturated rings. The van der Waals surface area contributed by atoms with Gasteiger partial charge in [-0.2, -0.15) is 0 Å². The number of halogens is 1. The third-order valence-corrected chi connectivity index (χ3v) is 3.90. The molecular formula is C13H13BrN6. The normalized spacial score (nSPS) is 10.8. The Bertz CT molecular complexity index is 767. The van der Waals surface area contributed by atoms with Crippen LogP contribution in [0.15, 0.2) is 41.3 Å². The van der Waals surface area contributed by atoms with E-state index in [1.807, 2.05) is 35.7 Å². The number of rotatable bonds is 3. The smallest absolute Gasteiger partial charge is 0.180 e. The molecule has 3 rings (SSSR count). The molecule has 0 aliphatic carbocycles. The van der Waals surface area contributed by atoms with E-state index in [0.717, 1.165) is 21.4 Å². The zero-order valence-corrected chi connectivity index (χ0v) is 12.3. The Morgan fingerprint density at radius 1 is 1.35 bits per heavy atom. The fourth-order valence-electron chi connectivity index (χ4n) is 1.96. The first-order chi connectivity index (χ1) is 9.69. The van der Waals surface area contributed by atoms with Crippen molar-refractivity contribution >= 4 is 38.9 Å². The van der Waals surface area contributed by atoms with Gasteiger partial charge in [-0.05, 0) is 24.6 Å². The molecule has 0 bridgehead atoms. The van der Waals surface area contributed by atoms with E-state index in [2.05, 4.69) is 36.6 Å². The maximum absolute atomic E-state index is 5.44. The summed E-state index contributed by atoms with van der Waals surface area (Å²) in [5, 5.41) is 3.30. The summed E-state index contributed by atoms with van der Waals surface area (Å²) < 4.78 is 2.90. The first-order valence-corrected chi connectivity index (χ1v) is 6.81. The van der Waals surface area contributed by atoms with Gasteiger partial charge in [-0.1, -0.05) is 22.0 Å². The van der Waals surface area contributed by atoms with Gasteiger partial charge in [0.05, 0.1) is 6.20 Å². The van der Waals surface area contributed by atoms with Crippen LogP contribution >= 0.6 is 15.9 Å². The highest BCUT2D eigenvalue weighted by molar-refractivity contribution is 9.10. The molecule has 2 aromatic heterocycles. The van der Waals surface area contributed by atoms with Gasteiger partial charge in [-0.15, -0.1) is 0 Å². The number of imidazole rings is 1. The van der Waals surface area contributed by atoms with E-state index in [4.69, 9.17) is 5.84 Å². The number of nitrogens with one attached hydrogen (secondary N) is 2. The molecule has 0 saturated carbocycles. The maximum atomic E-state index is 5.44. The van der Waals surface area contributed by atoms with E-state index in [1.165, 1.54) is 0 Å². The summed E-state index contributed by atoms with van der Waals surface area (Å²) in [7, 11) is 0. The van der Waals surface area contributed by atoms with Crippen LogP contribution in [0, 0.1) is 6.92 Å². The summed E-state index contributed by atoms with van der Waals surface area (Å²) in [5.41, 5.74) is 5.36. The summed E-state index contributed by atoms with van der Waals surface area (Å²) in [6.45, 7) is 2.03. The highest BCUT2D eigenvalue weighted by Gasteiger charge is 2.09. The summed E-state index contributed by atoms with van der Waals surface area (Å²) in [6, 6.07) is 5.95. The first kappa shape index (κ1) is 12.9. The van der Waals surface area contributed by atoms with E-state index in [1.54, 1.807) is 12.4 Å². The minimum atomic E-state index is 0.561. The van der Waals surface area contributed by atoms with Crippen LogP contribution in [0.2, 0.25) is 0 Å². The lowest BCUT2D eigenvalue weighted by atomic mass is 10.2. The molecule has 0 atom stereocenters. The third kappa shape index (κ3) is 2.21. The molecule has 7 heteroatoms. The molecule has 0 aliphatic heterocycles. The number of nitrogens with two attached hydrogens (primary N) is 1. The van der Waals surface area contributed by atoms with Gasteiger partial charge in [0.2, 0.25) is 0 Å². The molecule has 1 aromatic carbocycles. The fourth-order valence-corrected chi connectivity index (χ4v) is 2.32. The molecule has 3 aromatic rings. The van der Waals surface area contributed by atoms with Crippen molar-refractivity contribution in [2.24, 2.45) is 5.84 Å². The van der Waals surface area contributed by atoms with Crippen LogP contribution in [0.5, 0.6) is 0 Å². The highest BCUT2D eigenvalue weighted by Crippen LogP contribution is 2.27. The van der Waals surface area contributed by atoms with Gasteiger partial charge in [0.1, 0.15) is 0 Å².